The first-order valence-electron chi connectivity index (χ1n) is 5.45. The van der Waals surface area contributed by atoms with Crippen LogP contribution in [0.1, 0.15) is 27.7 Å². The highest BCUT2D eigenvalue weighted by molar-refractivity contribution is 5.86. The van der Waals surface area contributed by atoms with Crippen molar-refractivity contribution >= 4 is 11.9 Å². The largest absolute Gasteiger partial charge is 0.478 e. The highest BCUT2D eigenvalue weighted by Crippen LogP contribution is 2.26. The van der Waals surface area contributed by atoms with E-state index in [0.29, 0.717) is 0 Å². The number of rotatable bonds is 5. The van der Waals surface area contributed by atoms with Gasteiger partial charge in [-0.1, -0.05) is 0 Å². The Kier molecular flexibility index (Phi) is 5.59. The fourth-order valence-electron chi connectivity index (χ4n) is 1.46. The Morgan fingerprint density at radius 2 is 1.83 bits per heavy atom. The molecule has 0 aromatic heterocycles. The van der Waals surface area contributed by atoms with Crippen LogP contribution in [0.2, 0.25) is 0 Å². The first kappa shape index (κ1) is 16.7. The molecule has 106 valence electrons. The molecule has 0 aliphatic rings. The fraction of sp³-hybridized carbons (Fsp3) is 0.800. The van der Waals surface area contributed by atoms with Crippen molar-refractivity contribution in [3.63, 3.8) is 0 Å². The van der Waals surface area contributed by atoms with E-state index in [1.807, 2.05) is 0 Å². The van der Waals surface area contributed by atoms with Gasteiger partial charge in [0.2, 0.25) is 5.91 Å². The Morgan fingerprint density at radius 1 is 1.33 bits per heavy atom. The number of quaternary nitrogens is 1. The summed E-state index contributed by atoms with van der Waals surface area (Å²) in [5.74, 6) is -2.49. The van der Waals surface area contributed by atoms with Crippen LogP contribution < -0.4 is 10.6 Å². The van der Waals surface area contributed by atoms with E-state index in [4.69, 9.17) is 0 Å². The zero-order chi connectivity index (χ0) is 14.6. The van der Waals surface area contributed by atoms with Crippen LogP contribution in [0.4, 0.5) is 13.2 Å². The predicted molar refractivity (Wildman–Crippen MR) is 56.3 cm³/mol. The average Bonchev–Trinajstić information content (AvgIpc) is 2.13. The van der Waals surface area contributed by atoms with Crippen LogP contribution >= 0.6 is 0 Å². The van der Waals surface area contributed by atoms with E-state index in [0.717, 1.165) is 12.2 Å². The number of ether oxygens (including phenoxy) is 1. The summed E-state index contributed by atoms with van der Waals surface area (Å²) in [6.07, 6.45) is -4.96. The molecule has 0 fully saturated rings. The van der Waals surface area contributed by atoms with Crippen molar-refractivity contribution in [3.8, 4) is 0 Å². The first-order chi connectivity index (χ1) is 8.06. The quantitative estimate of drug-likeness (QED) is 0.542. The van der Waals surface area contributed by atoms with Crippen molar-refractivity contribution in [1.29, 1.82) is 0 Å². The van der Waals surface area contributed by atoms with Gasteiger partial charge in [0.15, 0.2) is 0 Å². The second-order valence-corrected chi connectivity index (χ2v) is 4.12. The maximum atomic E-state index is 13.1. The number of hydrogen-bond donors (Lipinski definition) is 2. The van der Waals surface area contributed by atoms with E-state index in [-0.39, 0.29) is 6.61 Å². The van der Waals surface area contributed by atoms with Crippen LogP contribution in [-0.2, 0) is 14.3 Å². The van der Waals surface area contributed by atoms with Crippen LogP contribution in [-0.4, -0.2) is 36.4 Å². The van der Waals surface area contributed by atoms with Gasteiger partial charge in [0.05, 0.1) is 12.6 Å². The van der Waals surface area contributed by atoms with Crippen molar-refractivity contribution in [2.75, 3.05) is 6.61 Å². The van der Waals surface area contributed by atoms with Crippen molar-refractivity contribution in [3.05, 3.63) is 0 Å². The summed E-state index contributed by atoms with van der Waals surface area (Å²) < 4.78 is 43.8. The lowest BCUT2D eigenvalue weighted by molar-refractivity contribution is -0.766. The summed E-state index contributed by atoms with van der Waals surface area (Å²) in [7, 11) is 0. The fourth-order valence-corrected chi connectivity index (χ4v) is 1.46. The maximum absolute atomic E-state index is 13.1. The predicted octanol–water partition coefficient (Wildman–Crippen LogP) is -0.0840. The van der Waals surface area contributed by atoms with E-state index < -0.39 is 29.8 Å². The summed E-state index contributed by atoms with van der Waals surface area (Å²) in [6.45, 7) is 5.04. The van der Waals surface area contributed by atoms with Gasteiger partial charge >= 0.3 is 17.8 Å². The van der Waals surface area contributed by atoms with Gasteiger partial charge in [0.1, 0.15) is 0 Å². The van der Waals surface area contributed by atoms with Gasteiger partial charge in [-0.2, -0.15) is 13.2 Å². The minimum Gasteiger partial charge on any atom is -0.460 e. The standard InChI is InChI=1S/C10H17F3N2O3/c1-5-18-8(17)9(10(11,12)13,14-6(2)3)15-7(4)16/h6,14H,5H2,1-4H3,(H,15,16)/p+1/t9-/m0/s1. The second-order valence-electron chi connectivity index (χ2n) is 4.12. The summed E-state index contributed by atoms with van der Waals surface area (Å²) in [5, 5.41) is 2.38. The van der Waals surface area contributed by atoms with Crippen LogP contribution in [0.5, 0.6) is 0 Å². The first-order valence-corrected chi connectivity index (χ1v) is 5.45. The minimum atomic E-state index is -4.96. The molecule has 8 heteroatoms. The Labute approximate surface area is 103 Å². The number of carbonyl (C=O) groups excluding carboxylic acids is 2. The van der Waals surface area contributed by atoms with E-state index in [1.54, 1.807) is 5.32 Å². The van der Waals surface area contributed by atoms with Gasteiger partial charge in [-0.25, -0.2) is 4.79 Å². The van der Waals surface area contributed by atoms with Crippen LogP contribution in [0.15, 0.2) is 0 Å². The van der Waals surface area contributed by atoms with Crippen LogP contribution in [0.25, 0.3) is 0 Å². The van der Waals surface area contributed by atoms with Gasteiger partial charge in [0, 0.05) is 6.92 Å². The van der Waals surface area contributed by atoms with E-state index in [2.05, 4.69) is 4.74 Å². The molecule has 0 unspecified atom stereocenters. The SMILES string of the molecule is CCOC(=O)[C@@](NC(C)=O)([NH2+]C(C)C)C(F)(F)F. The molecule has 3 N–H and O–H groups in total. The molecular weight excluding hydrogens is 253 g/mol. The number of amides is 1. The Balaban J connectivity index is 5.54. The van der Waals surface area contributed by atoms with E-state index in [1.165, 1.54) is 20.8 Å². The number of nitrogens with one attached hydrogen (secondary N) is 1. The molecule has 0 spiro atoms. The van der Waals surface area contributed by atoms with Crippen molar-refractivity contribution in [2.24, 2.45) is 0 Å². The smallest absolute Gasteiger partial charge is 0.460 e. The summed E-state index contributed by atoms with van der Waals surface area (Å²) in [4.78, 5) is 22.6. The molecule has 0 aliphatic heterocycles. The molecule has 0 saturated carbocycles. The van der Waals surface area contributed by atoms with Crippen molar-refractivity contribution in [2.45, 2.75) is 45.6 Å². The molecule has 0 bridgehead atoms. The van der Waals surface area contributed by atoms with E-state index in [9.17, 15) is 22.8 Å². The molecule has 1 atom stereocenters. The molecule has 0 aromatic carbocycles. The van der Waals surface area contributed by atoms with Gasteiger partial charge in [-0.3, -0.25) is 10.1 Å². The van der Waals surface area contributed by atoms with Gasteiger partial charge in [-0.05, 0) is 20.8 Å². The summed E-state index contributed by atoms with van der Waals surface area (Å²) >= 11 is 0. The van der Waals surface area contributed by atoms with Gasteiger partial charge < -0.3 is 10.1 Å². The van der Waals surface area contributed by atoms with Crippen molar-refractivity contribution in [1.82, 2.24) is 5.32 Å². The molecular formula is C10H18F3N2O3+. The summed E-state index contributed by atoms with van der Waals surface area (Å²) in [6, 6.07) is -0.567. The number of esters is 1. The Bertz CT molecular complexity index is 318. The lowest BCUT2D eigenvalue weighted by Crippen LogP contribution is -3.09. The van der Waals surface area contributed by atoms with Crippen LogP contribution in [0.3, 0.4) is 0 Å². The molecule has 0 saturated heterocycles. The highest BCUT2D eigenvalue weighted by Gasteiger charge is 2.67. The number of nitrogens with two attached hydrogens (primary N) is 1. The van der Waals surface area contributed by atoms with Gasteiger partial charge in [0.25, 0.3) is 0 Å². The molecule has 0 heterocycles. The number of hydrogen-bond acceptors (Lipinski definition) is 3. The topological polar surface area (TPSA) is 72.0 Å². The molecule has 1 amide bonds. The lowest BCUT2D eigenvalue weighted by Gasteiger charge is -2.32. The zero-order valence-electron chi connectivity index (χ0n) is 10.7. The second kappa shape index (κ2) is 6.03. The molecule has 0 aromatic rings. The molecule has 0 aliphatic carbocycles. The van der Waals surface area contributed by atoms with E-state index >= 15 is 0 Å². The summed E-state index contributed by atoms with van der Waals surface area (Å²) in [5.41, 5.74) is -3.09. The monoisotopic (exact) mass is 271 g/mol. The normalized spacial score (nSPS) is 15.1. The molecule has 18 heavy (non-hydrogen) atoms. The zero-order valence-corrected chi connectivity index (χ0v) is 10.7. The van der Waals surface area contributed by atoms with Crippen LogP contribution in [0, 0.1) is 0 Å². The van der Waals surface area contributed by atoms with Gasteiger partial charge in [-0.15, -0.1) is 0 Å². The Hall–Kier alpha value is -1.31. The number of carbonyl (C=O) groups is 2. The minimum absolute atomic E-state index is 0.206. The third-order valence-electron chi connectivity index (χ3n) is 2.00. The lowest BCUT2D eigenvalue weighted by atomic mass is 10.1. The molecule has 0 rings (SSSR count). The average molecular weight is 271 g/mol. The van der Waals surface area contributed by atoms with Crippen molar-refractivity contribution < 1.29 is 32.8 Å². The number of halogens is 3. The third kappa shape index (κ3) is 3.86. The molecule has 5 nitrogen and oxygen atoms in total. The Morgan fingerprint density at radius 3 is 2.11 bits per heavy atom. The highest BCUT2D eigenvalue weighted by atomic mass is 19.4. The third-order valence-corrected chi connectivity index (χ3v) is 2.00. The molecule has 0 radical (unpaired) electrons. The number of alkyl halides is 3. The maximum Gasteiger partial charge on any atom is 0.478 e.